The minimum absolute atomic E-state index is 0.414. The standard InChI is InChI=1S/C12H16B2O2/c1-5-7-8(6-2)9(15)12(16)10(3,13)11(12,4)14/h5-7,16H,1-4H3/b7-5-,8-6+. The van der Waals surface area contributed by atoms with Gasteiger partial charge in [0.05, 0.1) is 15.7 Å². The number of ketones is 1. The highest BCUT2D eigenvalue weighted by Gasteiger charge is 2.78. The zero-order valence-corrected chi connectivity index (χ0v) is 10.2. The zero-order chi connectivity index (χ0) is 12.8. The molecule has 2 unspecified atom stereocenters. The normalized spacial score (nSPS) is 43.7. The van der Waals surface area contributed by atoms with Gasteiger partial charge in [0.1, 0.15) is 5.60 Å². The molecule has 0 bridgehead atoms. The van der Waals surface area contributed by atoms with Crippen LogP contribution >= 0.6 is 0 Å². The number of aliphatic hydroxyl groups is 1. The lowest BCUT2D eigenvalue weighted by Crippen LogP contribution is -2.30. The van der Waals surface area contributed by atoms with Crippen molar-refractivity contribution >= 4 is 21.5 Å². The van der Waals surface area contributed by atoms with Gasteiger partial charge in [-0.25, -0.2) is 0 Å². The average Bonchev–Trinajstić information content (AvgIpc) is 2.53. The van der Waals surface area contributed by atoms with Gasteiger partial charge in [0, 0.05) is 5.57 Å². The summed E-state index contributed by atoms with van der Waals surface area (Å²) < 4.78 is 0. The van der Waals surface area contributed by atoms with Crippen LogP contribution in [0.25, 0.3) is 0 Å². The van der Waals surface area contributed by atoms with Crippen molar-refractivity contribution < 1.29 is 9.90 Å². The van der Waals surface area contributed by atoms with Crippen molar-refractivity contribution in [2.24, 2.45) is 0 Å². The molecule has 1 aliphatic rings. The van der Waals surface area contributed by atoms with Crippen LogP contribution in [-0.2, 0) is 4.79 Å². The minimum atomic E-state index is -1.68. The molecular weight excluding hydrogens is 198 g/mol. The smallest absolute Gasteiger partial charge is 0.193 e. The molecule has 0 aromatic rings. The van der Waals surface area contributed by atoms with E-state index in [0.29, 0.717) is 5.57 Å². The van der Waals surface area contributed by atoms with E-state index in [1.54, 1.807) is 45.9 Å². The summed E-state index contributed by atoms with van der Waals surface area (Å²) in [7, 11) is 11.7. The predicted octanol–water partition coefficient (Wildman–Crippen LogP) is 1.52. The number of allylic oxidation sites excluding steroid dienone is 3. The largest absolute Gasteiger partial charge is 0.382 e. The van der Waals surface area contributed by atoms with Gasteiger partial charge in [-0.3, -0.25) is 4.79 Å². The summed E-state index contributed by atoms with van der Waals surface area (Å²) in [6.07, 6.45) is 5.02. The van der Waals surface area contributed by atoms with E-state index in [1.807, 2.05) is 0 Å². The summed E-state index contributed by atoms with van der Waals surface area (Å²) in [5.41, 5.74) is -1.25. The molecule has 1 aliphatic carbocycles. The molecule has 0 saturated heterocycles. The molecule has 1 N–H and O–H groups in total. The average molecular weight is 214 g/mol. The van der Waals surface area contributed by atoms with Crippen molar-refractivity contribution in [1.82, 2.24) is 0 Å². The number of hydrogen-bond acceptors (Lipinski definition) is 2. The third-order valence-electron chi connectivity index (χ3n) is 3.77. The molecule has 0 amide bonds. The van der Waals surface area contributed by atoms with Crippen LogP contribution in [0.3, 0.4) is 0 Å². The molecule has 0 aliphatic heterocycles. The summed E-state index contributed by atoms with van der Waals surface area (Å²) in [5.74, 6) is -0.414. The zero-order valence-electron chi connectivity index (χ0n) is 10.2. The second-order valence-corrected chi connectivity index (χ2v) is 4.69. The number of carbonyl (C=O) groups is 1. The summed E-state index contributed by atoms with van der Waals surface area (Å²) >= 11 is 0. The van der Waals surface area contributed by atoms with Gasteiger partial charge < -0.3 is 5.11 Å². The van der Waals surface area contributed by atoms with Crippen LogP contribution in [0.2, 0.25) is 10.6 Å². The maximum absolute atomic E-state index is 12.1. The van der Waals surface area contributed by atoms with Crippen molar-refractivity contribution in [1.29, 1.82) is 0 Å². The van der Waals surface area contributed by atoms with Gasteiger partial charge in [0.2, 0.25) is 0 Å². The first kappa shape index (κ1) is 13.3. The van der Waals surface area contributed by atoms with Gasteiger partial charge in [-0.1, -0.05) is 32.1 Å². The van der Waals surface area contributed by atoms with Gasteiger partial charge in [-0.05, 0) is 24.5 Å². The van der Waals surface area contributed by atoms with E-state index >= 15 is 0 Å². The SMILES string of the molecule is [B]C1(C)C([B])(C)C1(O)C(=O)C(/C=C\C)=C/C. The van der Waals surface area contributed by atoms with E-state index in [9.17, 15) is 9.90 Å². The van der Waals surface area contributed by atoms with Gasteiger partial charge in [0.15, 0.2) is 5.78 Å². The highest BCUT2D eigenvalue weighted by atomic mass is 16.3. The molecule has 2 nitrogen and oxygen atoms in total. The molecule has 1 rings (SSSR count). The Morgan fingerprint density at radius 2 is 1.62 bits per heavy atom. The van der Waals surface area contributed by atoms with Crippen LogP contribution in [0, 0.1) is 0 Å². The van der Waals surface area contributed by atoms with Crippen molar-refractivity contribution in [3.05, 3.63) is 23.8 Å². The fraction of sp³-hybridized carbons (Fsp3) is 0.583. The molecule has 0 aromatic heterocycles. The Morgan fingerprint density at radius 3 is 1.88 bits per heavy atom. The minimum Gasteiger partial charge on any atom is -0.382 e. The molecule has 0 heterocycles. The van der Waals surface area contributed by atoms with Crippen molar-refractivity contribution in [3.8, 4) is 0 Å². The van der Waals surface area contributed by atoms with E-state index in [-0.39, 0.29) is 0 Å². The monoisotopic (exact) mass is 214 g/mol. The van der Waals surface area contributed by atoms with E-state index in [2.05, 4.69) is 0 Å². The summed E-state index contributed by atoms with van der Waals surface area (Å²) in [6, 6.07) is 0. The molecule has 2 atom stereocenters. The number of rotatable bonds is 3. The van der Waals surface area contributed by atoms with Crippen LogP contribution in [-0.4, -0.2) is 32.2 Å². The molecule has 0 spiro atoms. The molecule has 16 heavy (non-hydrogen) atoms. The first-order valence-corrected chi connectivity index (χ1v) is 5.32. The second-order valence-electron chi connectivity index (χ2n) is 4.69. The molecular formula is C12H16B2O2. The molecule has 1 fully saturated rings. The molecule has 4 radical (unpaired) electrons. The van der Waals surface area contributed by atoms with Crippen molar-refractivity contribution in [3.63, 3.8) is 0 Å². The molecule has 1 saturated carbocycles. The Kier molecular flexibility index (Phi) is 3.01. The topological polar surface area (TPSA) is 37.3 Å². The third kappa shape index (κ3) is 1.29. The molecule has 82 valence electrons. The fourth-order valence-electron chi connectivity index (χ4n) is 2.10. The molecule has 4 heteroatoms. The van der Waals surface area contributed by atoms with Gasteiger partial charge in [0.25, 0.3) is 0 Å². The number of hydrogen-bond donors (Lipinski definition) is 1. The quantitative estimate of drug-likeness (QED) is 0.439. The lowest BCUT2D eigenvalue weighted by atomic mass is 9.69. The first-order valence-electron chi connectivity index (χ1n) is 5.32. The van der Waals surface area contributed by atoms with Crippen LogP contribution in [0.1, 0.15) is 27.7 Å². The lowest BCUT2D eigenvalue weighted by molar-refractivity contribution is -0.126. The van der Waals surface area contributed by atoms with Crippen LogP contribution in [0.4, 0.5) is 0 Å². The Morgan fingerprint density at radius 1 is 1.19 bits per heavy atom. The number of Topliss-reactive ketones (excluding diaryl/α,β-unsaturated/α-hetero) is 1. The van der Waals surface area contributed by atoms with Gasteiger partial charge in [-0.15, -0.1) is 0 Å². The third-order valence-corrected chi connectivity index (χ3v) is 3.77. The lowest BCUT2D eigenvalue weighted by Gasteiger charge is -2.14. The summed E-state index contributed by atoms with van der Waals surface area (Å²) in [6.45, 7) is 6.72. The van der Waals surface area contributed by atoms with E-state index in [0.717, 1.165) is 0 Å². The Bertz CT molecular complexity index is 364. The van der Waals surface area contributed by atoms with Crippen molar-refractivity contribution in [2.45, 2.75) is 43.9 Å². The van der Waals surface area contributed by atoms with E-state index in [4.69, 9.17) is 15.7 Å². The Labute approximate surface area is 99.6 Å². The molecule has 0 aromatic carbocycles. The second kappa shape index (κ2) is 3.63. The van der Waals surface area contributed by atoms with Crippen LogP contribution in [0.5, 0.6) is 0 Å². The highest BCUT2D eigenvalue weighted by molar-refractivity contribution is 6.39. The Balaban J connectivity index is 3.11. The first-order chi connectivity index (χ1) is 7.18. The summed E-state index contributed by atoms with van der Waals surface area (Å²) in [4.78, 5) is 12.1. The summed E-state index contributed by atoms with van der Waals surface area (Å²) in [5, 5.41) is 8.13. The van der Waals surface area contributed by atoms with Crippen molar-refractivity contribution in [2.75, 3.05) is 0 Å². The number of carbonyl (C=O) groups excluding carboxylic acids is 1. The van der Waals surface area contributed by atoms with E-state index < -0.39 is 22.0 Å². The van der Waals surface area contributed by atoms with E-state index in [1.165, 1.54) is 0 Å². The maximum Gasteiger partial charge on any atom is 0.193 e. The highest BCUT2D eigenvalue weighted by Crippen LogP contribution is 2.80. The van der Waals surface area contributed by atoms with Crippen LogP contribution in [0.15, 0.2) is 23.8 Å². The van der Waals surface area contributed by atoms with Gasteiger partial charge >= 0.3 is 0 Å². The van der Waals surface area contributed by atoms with Crippen LogP contribution < -0.4 is 0 Å². The maximum atomic E-state index is 12.1. The predicted molar refractivity (Wildman–Crippen MR) is 66.8 cm³/mol. The Hall–Kier alpha value is -0.760. The fourth-order valence-corrected chi connectivity index (χ4v) is 2.10. The van der Waals surface area contributed by atoms with Gasteiger partial charge in [-0.2, -0.15) is 0 Å².